The summed E-state index contributed by atoms with van der Waals surface area (Å²) in [5, 5.41) is 3.22. The molecule has 1 heterocycles. The second-order valence-electron chi connectivity index (χ2n) is 10.8. The Hall–Kier alpha value is -3.92. The largest absolute Gasteiger partial charge is 0.395 e. The van der Waals surface area contributed by atoms with Gasteiger partial charge in [0.2, 0.25) is 5.91 Å². The van der Waals surface area contributed by atoms with Crippen LogP contribution in [0.2, 0.25) is 0 Å². The molecule has 0 radical (unpaired) electrons. The molecule has 10 heteroatoms. The van der Waals surface area contributed by atoms with Gasteiger partial charge in [0.25, 0.3) is 11.8 Å². The Bertz CT molecular complexity index is 1340. The van der Waals surface area contributed by atoms with Crippen LogP contribution in [-0.4, -0.2) is 42.2 Å². The molecule has 5 N–H and O–H groups in total. The predicted octanol–water partition coefficient (Wildman–Crippen LogP) is 4.85. The Morgan fingerprint density at radius 2 is 1.50 bits per heavy atom. The van der Waals surface area contributed by atoms with E-state index in [-0.39, 0.29) is 34.1 Å². The molecular weight excluding hydrogens is 524 g/mol. The average Bonchev–Trinajstić information content (AvgIpc) is 3.33. The highest BCUT2D eigenvalue weighted by molar-refractivity contribution is 7.09. The number of nitrogens with two attached hydrogens (primary N) is 2. The summed E-state index contributed by atoms with van der Waals surface area (Å²) in [6.07, 6.45) is 5.07. The third-order valence-electron chi connectivity index (χ3n) is 7.40. The highest BCUT2D eigenvalue weighted by Crippen LogP contribution is 2.35. The van der Waals surface area contributed by atoms with Gasteiger partial charge in [-0.05, 0) is 65.7 Å². The lowest BCUT2D eigenvalue weighted by molar-refractivity contribution is -0.123. The van der Waals surface area contributed by atoms with Crippen molar-refractivity contribution in [1.29, 1.82) is 0 Å². The lowest BCUT2D eigenvalue weighted by atomic mass is 9.94. The van der Waals surface area contributed by atoms with Gasteiger partial charge in [0.1, 0.15) is 10.9 Å². The van der Waals surface area contributed by atoms with Gasteiger partial charge in [0.15, 0.2) is 5.69 Å². The molecule has 1 aromatic heterocycles. The van der Waals surface area contributed by atoms with Crippen molar-refractivity contribution in [1.82, 2.24) is 9.69 Å². The van der Waals surface area contributed by atoms with Crippen LogP contribution in [0.25, 0.3) is 0 Å². The van der Waals surface area contributed by atoms with Crippen molar-refractivity contribution in [2.45, 2.75) is 64.0 Å². The number of hydrogen-bond donors (Lipinski definition) is 3. The van der Waals surface area contributed by atoms with Crippen LogP contribution in [0.4, 0.5) is 17.1 Å². The van der Waals surface area contributed by atoms with Crippen LogP contribution in [0.3, 0.4) is 0 Å². The number of nitrogens with one attached hydrogen (secondary N) is 1. The molecule has 4 rings (SSSR count). The number of rotatable bonds is 9. The second kappa shape index (κ2) is 12.5. The topological polar surface area (TPSA) is 135 Å². The van der Waals surface area contributed by atoms with Crippen LogP contribution >= 0.6 is 11.5 Å². The van der Waals surface area contributed by atoms with Crippen molar-refractivity contribution >= 4 is 46.3 Å². The van der Waals surface area contributed by atoms with Crippen LogP contribution in [0.5, 0.6) is 0 Å². The smallest absolute Gasteiger partial charge is 0.273 e. The number of primary amides is 1. The van der Waals surface area contributed by atoms with Crippen LogP contribution in [0.1, 0.15) is 89.2 Å². The molecule has 3 aromatic rings. The Balaban J connectivity index is 1.85. The number of anilines is 3. The fourth-order valence-electron chi connectivity index (χ4n) is 5.04. The molecule has 1 fully saturated rings. The second-order valence-corrected chi connectivity index (χ2v) is 11.6. The first-order chi connectivity index (χ1) is 19.1. The molecule has 0 unspecified atom stereocenters. The zero-order chi connectivity index (χ0) is 29.0. The number of amides is 3. The highest BCUT2D eigenvalue weighted by atomic mass is 32.1. The Morgan fingerprint density at radius 1 is 0.925 bits per heavy atom. The molecule has 3 amide bonds. The lowest BCUT2D eigenvalue weighted by Crippen LogP contribution is -2.47. The zero-order valence-electron chi connectivity index (χ0n) is 23.5. The number of aromatic nitrogens is 1. The Labute approximate surface area is 239 Å². The number of hydrogen-bond acceptors (Lipinski definition) is 7. The molecular formula is C30H38N6O3S. The molecule has 40 heavy (non-hydrogen) atoms. The normalized spacial score (nSPS) is 14.5. The van der Waals surface area contributed by atoms with Crippen molar-refractivity contribution in [2.24, 2.45) is 5.73 Å². The summed E-state index contributed by atoms with van der Waals surface area (Å²) in [6.45, 7) is 4.18. The molecule has 1 saturated carbocycles. The third-order valence-corrected chi connectivity index (χ3v) is 8.25. The van der Waals surface area contributed by atoms with Crippen LogP contribution < -0.4 is 26.6 Å². The predicted molar refractivity (Wildman–Crippen MR) is 161 cm³/mol. The summed E-state index contributed by atoms with van der Waals surface area (Å²) in [7, 11) is 3.88. The van der Waals surface area contributed by atoms with E-state index in [4.69, 9.17) is 11.5 Å². The molecule has 0 bridgehead atoms. The van der Waals surface area contributed by atoms with Gasteiger partial charge in [-0.3, -0.25) is 19.3 Å². The SMILES string of the molecule is CC(C)c1ccc(N(C(=O)c2snc(C(N)=O)c2N)[C@@H](C(=O)NC2CCCCC2)c2ccc(N(C)C)cc2)cc1. The van der Waals surface area contributed by atoms with Crippen molar-refractivity contribution in [3.05, 3.63) is 70.2 Å². The maximum atomic E-state index is 14.3. The summed E-state index contributed by atoms with van der Waals surface area (Å²) < 4.78 is 4.04. The Morgan fingerprint density at radius 3 is 2.02 bits per heavy atom. The molecule has 9 nitrogen and oxygen atoms in total. The first kappa shape index (κ1) is 29.1. The number of carbonyl (C=O) groups excluding carboxylic acids is 3. The first-order valence-corrected chi connectivity index (χ1v) is 14.4. The molecule has 0 aliphatic heterocycles. The summed E-state index contributed by atoms with van der Waals surface area (Å²) >= 11 is 0.805. The highest BCUT2D eigenvalue weighted by Gasteiger charge is 2.37. The number of carbonyl (C=O) groups is 3. The van der Waals surface area contributed by atoms with Gasteiger partial charge in [-0.1, -0.05) is 57.4 Å². The maximum absolute atomic E-state index is 14.3. The molecule has 0 saturated heterocycles. The van der Waals surface area contributed by atoms with Crippen molar-refractivity contribution in [2.75, 3.05) is 29.6 Å². The van der Waals surface area contributed by atoms with Crippen molar-refractivity contribution in [3.8, 4) is 0 Å². The average molecular weight is 563 g/mol. The van der Waals surface area contributed by atoms with Gasteiger partial charge in [-0.2, -0.15) is 4.37 Å². The van der Waals surface area contributed by atoms with E-state index in [0.29, 0.717) is 11.3 Å². The first-order valence-electron chi connectivity index (χ1n) is 13.6. The lowest BCUT2D eigenvalue weighted by Gasteiger charge is -2.33. The number of benzene rings is 2. The minimum atomic E-state index is -0.992. The van der Waals surface area contributed by atoms with E-state index < -0.39 is 17.9 Å². The van der Waals surface area contributed by atoms with Crippen LogP contribution in [-0.2, 0) is 4.79 Å². The fraction of sp³-hybridized carbons (Fsp3) is 0.400. The molecule has 1 aliphatic carbocycles. The quantitative estimate of drug-likeness (QED) is 0.341. The number of nitrogen functional groups attached to an aromatic ring is 1. The van der Waals surface area contributed by atoms with Crippen LogP contribution in [0, 0.1) is 0 Å². The van der Waals surface area contributed by atoms with Crippen molar-refractivity contribution < 1.29 is 14.4 Å². The van der Waals surface area contributed by atoms with Gasteiger partial charge in [0.05, 0.1) is 5.69 Å². The Kier molecular flexibility index (Phi) is 9.09. The van der Waals surface area contributed by atoms with Gasteiger partial charge in [-0.25, -0.2) is 0 Å². The van der Waals surface area contributed by atoms with Crippen LogP contribution in [0.15, 0.2) is 48.5 Å². The molecule has 212 valence electrons. The number of nitrogens with zero attached hydrogens (tertiary/aromatic N) is 3. The minimum absolute atomic E-state index is 0.0417. The molecule has 2 aromatic carbocycles. The molecule has 0 spiro atoms. The summed E-state index contributed by atoms with van der Waals surface area (Å²) in [6, 6.07) is 14.2. The van der Waals surface area contributed by atoms with Gasteiger partial charge < -0.3 is 21.7 Å². The monoisotopic (exact) mass is 562 g/mol. The van der Waals surface area contributed by atoms with E-state index in [9.17, 15) is 14.4 Å². The fourth-order valence-corrected chi connectivity index (χ4v) is 5.78. The van der Waals surface area contributed by atoms with E-state index in [2.05, 4.69) is 23.5 Å². The summed E-state index contributed by atoms with van der Waals surface area (Å²) in [5.74, 6) is -1.33. The zero-order valence-corrected chi connectivity index (χ0v) is 24.3. The maximum Gasteiger partial charge on any atom is 0.273 e. The van der Waals surface area contributed by atoms with E-state index in [1.807, 2.05) is 67.5 Å². The molecule has 1 aliphatic rings. The minimum Gasteiger partial charge on any atom is -0.395 e. The van der Waals surface area contributed by atoms with E-state index in [1.54, 1.807) is 0 Å². The van der Waals surface area contributed by atoms with Gasteiger partial charge >= 0.3 is 0 Å². The van der Waals surface area contributed by atoms with Gasteiger partial charge in [-0.15, -0.1) is 0 Å². The van der Waals surface area contributed by atoms with E-state index >= 15 is 0 Å². The summed E-state index contributed by atoms with van der Waals surface area (Å²) in [4.78, 5) is 43.8. The summed E-state index contributed by atoms with van der Waals surface area (Å²) in [5.41, 5.74) is 14.6. The van der Waals surface area contributed by atoms with Crippen molar-refractivity contribution in [3.63, 3.8) is 0 Å². The standard InChI is InChI=1S/C30H38N6O3S/c1-18(2)19-10-16-23(17-11-19)36(30(39)27-24(31)25(28(32)37)34-40-27)26(20-12-14-22(15-13-20)35(3)4)29(38)33-21-8-6-5-7-9-21/h10-18,21,26H,5-9,31H2,1-4H3,(H2,32,37)(H,33,38)/t26-/m1/s1. The van der Waals surface area contributed by atoms with E-state index in [1.165, 1.54) is 4.90 Å². The van der Waals surface area contributed by atoms with Gasteiger partial charge in [0, 0.05) is 31.5 Å². The molecule has 1 atom stereocenters. The third kappa shape index (κ3) is 6.28. The van der Waals surface area contributed by atoms with E-state index in [0.717, 1.165) is 54.9 Å².